The molecule has 0 amide bonds. The molecule has 0 aliphatic carbocycles. The molecule has 0 radical (unpaired) electrons. The summed E-state index contributed by atoms with van der Waals surface area (Å²) in [5, 5.41) is 0. The molecule has 1 rings (SSSR count). The van der Waals surface area contributed by atoms with Gasteiger partial charge in [-0.1, -0.05) is 6.92 Å². The molecule has 15 heavy (non-hydrogen) atoms. The van der Waals surface area contributed by atoms with E-state index in [4.69, 9.17) is 0 Å². The van der Waals surface area contributed by atoms with Gasteiger partial charge in [-0.15, -0.1) is 0 Å². The Kier molecular flexibility index (Phi) is 7.95. The summed E-state index contributed by atoms with van der Waals surface area (Å²) in [4.78, 5) is 4.10. The van der Waals surface area contributed by atoms with Crippen molar-refractivity contribution in [3.8, 4) is 0 Å². The number of nitrogens with zero attached hydrogens (tertiary/aromatic N) is 2. The maximum Gasteiger partial charge on any atom is 0.673 e. The lowest BCUT2D eigenvalue weighted by Crippen LogP contribution is -2.02. The second-order valence-electron chi connectivity index (χ2n) is 2.75. The van der Waals surface area contributed by atoms with E-state index in [2.05, 4.69) is 22.7 Å². The van der Waals surface area contributed by atoms with Gasteiger partial charge in [0.2, 0.25) is 0 Å². The summed E-state index contributed by atoms with van der Waals surface area (Å²) >= 11 is 0. The topological polar surface area (TPSA) is 52.8 Å². The van der Waals surface area contributed by atoms with E-state index in [1.165, 1.54) is 6.42 Å². The number of imidazole rings is 1. The van der Waals surface area contributed by atoms with Crippen molar-refractivity contribution in [3.05, 3.63) is 18.2 Å². The molecule has 0 aliphatic rings. The van der Waals surface area contributed by atoms with E-state index in [-0.39, 0.29) is 6.15 Å². The molecule has 0 saturated carbocycles. The van der Waals surface area contributed by atoms with Crippen LogP contribution < -0.4 is 6.15 Å². The van der Waals surface area contributed by atoms with Crippen LogP contribution in [0.25, 0.3) is 0 Å². The lowest BCUT2D eigenvalue weighted by atomic mass is 10.3. The smallest absolute Gasteiger partial charge is 0.418 e. The number of hydrogen-bond acceptors (Lipinski definition) is 2. The Morgan fingerprint density at radius 3 is 2.07 bits per heavy atom. The predicted octanol–water partition coefficient (Wildman–Crippen LogP) is 3.06. The zero-order chi connectivity index (χ0) is 11.2. The van der Waals surface area contributed by atoms with Gasteiger partial charge >= 0.3 is 7.25 Å². The number of rotatable bonds is 2. The van der Waals surface area contributed by atoms with E-state index >= 15 is 0 Å². The molecule has 1 aromatic heterocycles. The third-order valence-corrected chi connectivity index (χ3v) is 1.24. The lowest BCUT2D eigenvalue weighted by Gasteiger charge is -1.94. The van der Waals surface area contributed by atoms with Gasteiger partial charge in [0.15, 0.2) is 0 Å². The fourth-order valence-electron chi connectivity index (χ4n) is 0.852. The maximum absolute atomic E-state index is 9.75. The summed E-state index contributed by atoms with van der Waals surface area (Å²) in [5.41, 5.74) is 1.10. The van der Waals surface area contributed by atoms with Gasteiger partial charge in [0, 0.05) is 12.7 Å². The van der Waals surface area contributed by atoms with Crippen molar-refractivity contribution >= 4 is 7.25 Å². The van der Waals surface area contributed by atoms with Crippen molar-refractivity contribution < 1.29 is 17.3 Å². The molecule has 3 nitrogen and oxygen atoms in total. The Labute approximate surface area is 86.2 Å². The fraction of sp³-hybridized carbons (Fsp3) is 0.571. The largest absolute Gasteiger partial charge is 0.673 e. The first-order chi connectivity index (χ1) is 6.33. The van der Waals surface area contributed by atoms with Crippen LogP contribution in [0.4, 0.5) is 17.3 Å². The highest BCUT2D eigenvalue weighted by Crippen LogP contribution is 2.06. The van der Waals surface area contributed by atoms with E-state index in [0.717, 1.165) is 12.2 Å². The molecule has 90 valence electrons. The Balaban J connectivity index is 0. The van der Waals surface area contributed by atoms with Crippen molar-refractivity contribution in [2.45, 2.75) is 26.8 Å². The van der Waals surface area contributed by atoms with Gasteiger partial charge in [-0.3, -0.25) is 0 Å². The van der Waals surface area contributed by atoms with Gasteiger partial charge in [-0.25, -0.2) is 4.98 Å². The molecule has 0 aliphatic heterocycles. The van der Waals surface area contributed by atoms with E-state index in [9.17, 15) is 17.3 Å². The molecule has 1 heterocycles. The first-order valence-corrected chi connectivity index (χ1v) is 4.18. The maximum atomic E-state index is 9.75. The minimum absolute atomic E-state index is 0. The van der Waals surface area contributed by atoms with Crippen molar-refractivity contribution in [1.82, 2.24) is 15.7 Å². The second-order valence-corrected chi connectivity index (χ2v) is 2.75. The van der Waals surface area contributed by atoms with Crippen LogP contribution in [0.3, 0.4) is 0 Å². The zero-order valence-electron chi connectivity index (χ0n) is 8.76. The molecule has 0 aromatic carbocycles. The van der Waals surface area contributed by atoms with Crippen molar-refractivity contribution in [3.63, 3.8) is 0 Å². The zero-order valence-corrected chi connectivity index (χ0v) is 8.76. The lowest BCUT2D eigenvalue weighted by molar-refractivity contribution is 0.368. The molecule has 0 saturated heterocycles. The van der Waals surface area contributed by atoms with Gasteiger partial charge in [0.1, 0.15) is 0 Å². The minimum Gasteiger partial charge on any atom is -0.418 e. The van der Waals surface area contributed by atoms with Crippen molar-refractivity contribution in [2.75, 3.05) is 0 Å². The number of halogens is 4. The second kappa shape index (κ2) is 7.27. The number of hydrogen-bond donors (Lipinski definition) is 1. The summed E-state index contributed by atoms with van der Waals surface area (Å²) in [5.74, 6) is 0. The van der Waals surface area contributed by atoms with Crippen molar-refractivity contribution in [1.29, 1.82) is 0 Å². The van der Waals surface area contributed by atoms with E-state index in [1.54, 1.807) is 0 Å². The van der Waals surface area contributed by atoms with Crippen LogP contribution in [-0.2, 0) is 6.54 Å². The van der Waals surface area contributed by atoms with Crippen LogP contribution in [-0.4, -0.2) is 16.8 Å². The molecule has 3 N–H and O–H groups in total. The van der Waals surface area contributed by atoms with Gasteiger partial charge in [-0.05, 0) is 13.3 Å². The van der Waals surface area contributed by atoms with Crippen LogP contribution in [0, 0.1) is 6.92 Å². The summed E-state index contributed by atoms with van der Waals surface area (Å²) in [7, 11) is -6.00. The normalized spacial score (nSPS) is 10.0. The molecule has 0 unspecified atom stereocenters. The van der Waals surface area contributed by atoms with Gasteiger partial charge < -0.3 is 28.0 Å². The van der Waals surface area contributed by atoms with Gasteiger partial charge in [-0.2, -0.15) is 0 Å². The molecule has 0 atom stereocenters. The fourth-order valence-corrected chi connectivity index (χ4v) is 0.852. The quantitative estimate of drug-likeness (QED) is 0.624. The third kappa shape index (κ3) is 13.0. The monoisotopic (exact) mass is 228 g/mol. The van der Waals surface area contributed by atoms with Crippen LogP contribution in [0.2, 0.25) is 0 Å². The Hall–Kier alpha value is -1.05. The molecule has 8 heteroatoms. The highest BCUT2D eigenvalue weighted by atomic mass is 19.5. The van der Waals surface area contributed by atoms with Gasteiger partial charge in [0.25, 0.3) is 0 Å². The van der Waals surface area contributed by atoms with Crippen LogP contribution >= 0.6 is 0 Å². The number of aromatic nitrogens is 2. The number of aryl methyl sites for hydroxylation is 2. The molecule has 1 aromatic rings. The Bertz CT molecular complexity index is 255. The van der Waals surface area contributed by atoms with Crippen LogP contribution in [0.1, 0.15) is 19.0 Å². The SMILES string of the molecule is CCCn1cnc(C)c1.F[B-](F)(F)F.N. The molecule has 0 spiro atoms. The van der Waals surface area contributed by atoms with Crippen molar-refractivity contribution in [2.24, 2.45) is 0 Å². The molecular formula is C7H15BF4N3-. The Morgan fingerprint density at radius 2 is 1.80 bits per heavy atom. The summed E-state index contributed by atoms with van der Waals surface area (Å²) in [6.45, 7) is 5.25. The summed E-state index contributed by atoms with van der Waals surface area (Å²) < 4.78 is 41.1. The Morgan fingerprint density at radius 1 is 1.33 bits per heavy atom. The predicted molar refractivity (Wildman–Crippen MR) is 52.5 cm³/mol. The first kappa shape index (κ1) is 16.4. The highest BCUT2D eigenvalue weighted by Gasteiger charge is 2.20. The van der Waals surface area contributed by atoms with Crippen LogP contribution in [0.5, 0.6) is 0 Å². The average molecular weight is 228 g/mol. The van der Waals surface area contributed by atoms with Crippen LogP contribution in [0.15, 0.2) is 12.5 Å². The average Bonchev–Trinajstić information content (AvgIpc) is 2.32. The molecule has 0 bridgehead atoms. The minimum atomic E-state index is -6.00. The van der Waals surface area contributed by atoms with E-state index < -0.39 is 7.25 Å². The van der Waals surface area contributed by atoms with E-state index in [1.807, 2.05) is 13.3 Å². The molecule has 0 fully saturated rings. The highest BCUT2D eigenvalue weighted by molar-refractivity contribution is 6.50. The summed E-state index contributed by atoms with van der Waals surface area (Å²) in [6.07, 6.45) is 5.11. The summed E-state index contributed by atoms with van der Waals surface area (Å²) in [6, 6.07) is 0. The van der Waals surface area contributed by atoms with E-state index in [0.29, 0.717) is 0 Å². The molecular weight excluding hydrogens is 213 g/mol. The van der Waals surface area contributed by atoms with Gasteiger partial charge in [0.05, 0.1) is 12.0 Å². The first-order valence-electron chi connectivity index (χ1n) is 4.18. The third-order valence-electron chi connectivity index (χ3n) is 1.24. The standard InChI is InChI=1S/C7H12N2.BF4.H3N/c1-3-4-9-5-7(2)8-6-9;2-1(3,4)5;/h5-6H,3-4H2,1-2H3;;1H3/q;-1;.